The Morgan fingerprint density at radius 2 is 2.12 bits per heavy atom. The first-order valence-electron chi connectivity index (χ1n) is 8.48. The van der Waals surface area contributed by atoms with E-state index in [0.29, 0.717) is 5.65 Å². The van der Waals surface area contributed by atoms with Crippen molar-refractivity contribution in [2.75, 3.05) is 6.54 Å². The molecule has 1 saturated heterocycles. The van der Waals surface area contributed by atoms with Crippen LogP contribution in [-0.2, 0) is 17.1 Å². The molecule has 2 N–H and O–H groups in total. The fraction of sp³-hybridized carbons (Fsp3) is 0.625. The van der Waals surface area contributed by atoms with Crippen LogP contribution in [0.15, 0.2) is 17.2 Å². The van der Waals surface area contributed by atoms with Gasteiger partial charge in [-0.3, -0.25) is 4.68 Å². The van der Waals surface area contributed by atoms with Gasteiger partial charge in [0.25, 0.3) is 0 Å². The van der Waals surface area contributed by atoms with Gasteiger partial charge in [-0.05, 0) is 38.8 Å². The molecule has 0 amide bonds. The van der Waals surface area contributed by atoms with Crippen molar-refractivity contribution in [3.8, 4) is 0 Å². The molecule has 1 saturated carbocycles. The summed E-state index contributed by atoms with van der Waals surface area (Å²) in [5, 5.41) is 8.62. The number of pyridine rings is 1. The number of nitrogens with one attached hydrogen (secondary N) is 2. The molecule has 1 unspecified atom stereocenters. The second kappa shape index (κ2) is 5.50. The Hall–Kier alpha value is -1.51. The molecule has 0 radical (unpaired) electrons. The topological polar surface area (TPSA) is 88.9 Å². The average Bonchev–Trinajstić information content (AvgIpc) is 3.23. The van der Waals surface area contributed by atoms with E-state index in [1.165, 1.54) is 6.20 Å². The van der Waals surface area contributed by atoms with Gasteiger partial charge in [-0.2, -0.15) is 5.10 Å². The van der Waals surface area contributed by atoms with E-state index in [4.69, 9.17) is 0 Å². The lowest BCUT2D eigenvalue weighted by atomic mass is 9.91. The summed E-state index contributed by atoms with van der Waals surface area (Å²) in [5.74, 6) is 0. The molecule has 2 aromatic heterocycles. The zero-order chi connectivity index (χ0) is 16.9. The van der Waals surface area contributed by atoms with Gasteiger partial charge in [-0.25, -0.2) is 18.1 Å². The summed E-state index contributed by atoms with van der Waals surface area (Å²) in [5.41, 5.74) is 1.42. The summed E-state index contributed by atoms with van der Waals surface area (Å²) < 4.78 is 30.4. The largest absolute Gasteiger partial charge is 0.310 e. The molecule has 4 rings (SSSR count). The lowest BCUT2D eigenvalue weighted by Crippen LogP contribution is -2.53. The van der Waals surface area contributed by atoms with Crippen molar-refractivity contribution in [2.45, 2.75) is 55.5 Å². The molecule has 1 spiro atoms. The summed E-state index contributed by atoms with van der Waals surface area (Å²) in [6.07, 6.45) is 6.66. The maximum atomic E-state index is 12.9. The normalized spacial score (nSPS) is 23.5. The van der Waals surface area contributed by atoms with Crippen LogP contribution in [0, 0.1) is 6.92 Å². The van der Waals surface area contributed by atoms with Crippen molar-refractivity contribution in [1.82, 2.24) is 24.8 Å². The molecule has 2 fully saturated rings. The van der Waals surface area contributed by atoms with Crippen LogP contribution in [0.4, 0.5) is 0 Å². The first kappa shape index (κ1) is 16.0. The fourth-order valence-corrected chi connectivity index (χ4v) is 5.58. The third-order valence-corrected chi connectivity index (χ3v) is 6.96. The van der Waals surface area contributed by atoms with Gasteiger partial charge >= 0.3 is 0 Å². The van der Waals surface area contributed by atoms with Gasteiger partial charge in [0.05, 0.1) is 5.69 Å². The predicted octanol–water partition coefficient (Wildman–Crippen LogP) is 1.23. The van der Waals surface area contributed by atoms with E-state index in [9.17, 15) is 8.42 Å². The van der Waals surface area contributed by atoms with E-state index in [1.54, 1.807) is 10.7 Å². The molecule has 130 valence electrons. The maximum absolute atomic E-state index is 12.9. The molecule has 3 heterocycles. The molecular formula is C16H23N5O2S. The highest BCUT2D eigenvalue weighted by Crippen LogP contribution is 2.37. The number of aryl methyl sites for hydroxylation is 2. The lowest BCUT2D eigenvalue weighted by molar-refractivity contribution is 0.329. The van der Waals surface area contributed by atoms with E-state index in [0.717, 1.165) is 49.7 Å². The van der Waals surface area contributed by atoms with Crippen LogP contribution in [0.25, 0.3) is 11.0 Å². The van der Waals surface area contributed by atoms with Gasteiger partial charge < -0.3 is 5.32 Å². The van der Waals surface area contributed by atoms with Gasteiger partial charge in [-0.15, -0.1) is 0 Å². The quantitative estimate of drug-likeness (QED) is 0.870. The Labute approximate surface area is 141 Å². The highest BCUT2D eigenvalue weighted by molar-refractivity contribution is 7.89. The predicted molar refractivity (Wildman–Crippen MR) is 91.2 cm³/mol. The first-order chi connectivity index (χ1) is 11.4. The summed E-state index contributed by atoms with van der Waals surface area (Å²) >= 11 is 0. The molecule has 1 atom stereocenters. The number of fused-ring (bicyclic) bond motifs is 1. The van der Waals surface area contributed by atoms with Crippen LogP contribution in [0.3, 0.4) is 0 Å². The zero-order valence-electron chi connectivity index (χ0n) is 14.0. The highest BCUT2D eigenvalue weighted by atomic mass is 32.2. The van der Waals surface area contributed by atoms with Gasteiger partial charge in [0.2, 0.25) is 10.0 Å². The van der Waals surface area contributed by atoms with Gasteiger partial charge in [0.15, 0.2) is 5.65 Å². The number of sulfonamides is 1. The third kappa shape index (κ3) is 2.44. The van der Waals surface area contributed by atoms with Crippen LogP contribution in [0.2, 0.25) is 0 Å². The molecule has 7 nitrogen and oxygen atoms in total. The van der Waals surface area contributed by atoms with Crippen LogP contribution in [0.1, 0.15) is 37.8 Å². The van der Waals surface area contributed by atoms with Gasteiger partial charge in [0, 0.05) is 30.2 Å². The first-order valence-corrected chi connectivity index (χ1v) is 9.96. The summed E-state index contributed by atoms with van der Waals surface area (Å²) in [6.45, 7) is 2.73. The second-order valence-electron chi connectivity index (χ2n) is 7.00. The minimum Gasteiger partial charge on any atom is -0.310 e. The fourth-order valence-electron chi connectivity index (χ4n) is 4.26. The Morgan fingerprint density at radius 3 is 2.88 bits per heavy atom. The average molecular weight is 349 g/mol. The number of hydrogen-bond acceptors (Lipinski definition) is 5. The molecule has 2 aliphatic rings. The number of nitrogens with zero attached hydrogens (tertiary/aromatic N) is 3. The standard InChI is InChI=1S/C16H23N5O2S/c1-11-13-9-12(10-17-15(13)21(2)19-11)24(22,23)20-14-5-8-18-16(14)6-3-4-7-16/h9-10,14,18,20H,3-8H2,1-2H3. The lowest BCUT2D eigenvalue weighted by Gasteiger charge is -2.31. The molecule has 8 heteroatoms. The molecule has 1 aliphatic carbocycles. The highest BCUT2D eigenvalue weighted by Gasteiger charge is 2.46. The van der Waals surface area contributed by atoms with Crippen LogP contribution in [0.5, 0.6) is 0 Å². The summed E-state index contributed by atoms with van der Waals surface area (Å²) in [7, 11) is -1.79. The summed E-state index contributed by atoms with van der Waals surface area (Å²) in [6, 6.07) is 1.63. The van der Waals surface area contributed by atoms with Crippen molar-refractivity contribution in [3.05, 3.63) is 18.0 Å². The molecule has 2 aromatic rings. The minimum atomic E-state index is -3.60. The molecule has 0 bridgehead atoms. The molecular weight excluding hydrogens is 326 g/mol. The Balaban J connectivity index is 1.66. The van der Waals surface area contributed by atoms with E-state index >= 15 is 0 Å². The molecule has 1 aliphatic heterocycles. The van der Waals surface area contributed by atoms with Crippen molar-refractivity contribution in [3.63, 3.8) is 0 Å². The Bertz CT molecular complexity index is 878. The summed E-state index contributed by atoms with van der Waals surface area (Å²) in [4.78, 5) is 4.51. The maximum Gasteiger partial charge on any atom is 0.242 e. The van der Waals surface area contributed by atoms with Gasteiger partial charge in [0.1, 0.15) is 4.90 Å². The van der Waals surface area contributed by atoms with Crippen molar-refractivity contribution >= 4 is 21.1 Å². The monoisotopic (exact) mass is 349 g/mol. The van der Waals surface area contributed by atoms with Gasteiger partial charge in [-0.1, -0.05) is 12.8 Å². The minimum absolute atomic E-state index is 0.0457. The number of hydrogen-bond donors (Lipinski definition) is 2. The SMILES string of the molecule is Cc1nn(C)c2ncc(S(=O)(=O)NC3CCNC34CCCC4)cc12. The molecule has 24 heavy (non-hydrogen) atoms. The van der Waals surface area contributed by atoms with E-state index < -0.39 is 10.0 Å². The van der Waals surface area contributed by atoms with Crippen LogP contribution < -0.4 is 10.0 Å². The van der Waals surface area contributed by atoms with Crippen LogP contribution in [-0.4, -0.2) is 41.3 Å². The Kier molecular flexibility index (Phi) is 3.67. The van der Waals surface area contributed by atoms with Crippen molar-refractivity contribution in [1.29, 1.82) is 0 Å². The third-order valence-electron chi connectivity index (χ3n) is 5.52. The van der Waals surface area contributed by atoms with E-state index in [2.05, 4.69) is 20.1 Å². The molecule has 0 aromatic carbocycles. The van der Waals surface area contributed by atoms with E-state index in [-0.39, 0.29) is 16.5 Å². The van der Waals surface area contributed by atoms with Crippen molar-refractivity contribution < 1.29 is 8.42 Å². The zero-order valence-corrected chi connectivity index (χ0v) is 14.9. The Morgan fingerprint density at radius 1 is 1.38 bits per heavy atom. The van der Waals surface area contributed by atoms with Crippen molar-refractivity contribution in [2.24, 2.45) is 7.05 Å². The van der Waals surface area contributed by atoms with E-state index in [1.807, 2.05) is 14.0 Å². The number of rotatable bonds is 3. The smallest absolute Gasteiger partial charge is 0.242 e. The number of aromatic nitrogens is 3. The second-order valence-corrected chi connectivity index (χ2v) is 8.72. The van der Waals surface area contributed by atoms with Crippen LogP contribution >= 0.6 is 0 Å².